The molecule has 1 aliphatic heterocycles. The van der Waals surface area contributed by atoms with E-state index in [-0.39, 0.29) is 17.9 Å². The number of nitrogens with one attached hydrogen (secondary N) is 3. The fourth-order valence-electron chi connectivity index (χ4n) is 3.67. The Bertz CT molecular complexity index is 1290. The zero-order valence-electron chi connectivity index (χ0n) is 21.3. The van der Waals surface area contributed by atoms with Crippen LogP contribution in [-0.4, -0.2) is 59.2 Å². The third-order valence-electron chi connectivity index (χ3n) is 5.41. The van der Waals surface area contributed by atoms with E-state index in [1.807, 2.05) is 0 Å². The lowest BCUT2D eigenvalue weighted by Crippen LogP contribution is -2.45. The van der Waals surface area contributed by atoms with Crippen LogP contribution < -0.4 is 35.0 Å². The van der Waals surface area contributed by atoms with Gasteiger partial charge in [-0.3, -0.25) is 4.79 Å². The Morgan fingerprint density at radius 2 is 1.79 bits per heavy atom. The molecule has 13 heteroatoms. The van der Waals surface area contributed by atoms with Crippen molar-refractivity contribution in [1.29, 1.82) is 0 Å². The van der Waals surface area contributed by atoms with Gasteiger partial charge in [0.15, 0.2) is 29.6 Å². The summed E-state index contributed by atoms with van der Waals surface area (Å²) in [5, 5.41) is 9.20. The number of nitrogens with zero attached hydrogens (tertiary/aromatic N) is 1. The Labute approximate surface area is 227 Å². The molecule has 1 heterocycles. The minimum absolute atomic E-state index is 0.251. The number of benzene rings is 2. The number of halogens is 1. The molecule has 3 N–H and O–H groups in total. The van der Waals surface area contributed by atoms with E-state index < -0.39 is 23.9 Å². The molecule has 0 saturated carbocycles. The summed E-state index contributed by atoms with van der Waals surface area (Å²) < 4.78 is 27.1. The fourth-order valence-corrected chi connectivity index (χ4v) is 4.30. The molecule has 3 rings (SSSR count). The maximum atomic E-state index is 12.3. The van der Waals surface area contributed by atoms with Gasteiger partial charge in [0.2, 0.25) is 0 Å². The molecular weight excluding hydrogens is 564 g/mol. The number of rotatable bonds is 10. The number of urea groups is 1. The van der Waals surface area contributed by atoms with Crippen LogP contribution in [-0.2, 0) is 14.3 Å². The molecule has 1 atom stereocenters. The Balaban J connectivity index is 1.68. The topological polar surface area (TPSA) is 146 Å². The molecule has 0 fully saturated rings. The number of esters is 1. The molecule has 2 aromatic carbocycles. The molecule has 38 heavy (non-hydrogen) atoms. The van der Waals surface area contributed by atoms with Crippen molar-refractivity contribution in [3.05, 3.63) is 57.2 Å². The van der Waals surface area contributed by atoms with Gasteiger partial charge in [-0.05, 0) is 58.2 Å². The maximum absolute atomic E-state index is 12.3. The average molecular weight is 591 g/mol. The van der Waals surface area contributed by atoms with Crippen LogP contribution in [0.3, 0.4) is 0 Å². The molecule has 0 aromatic heterocycles. The highest BCUT2D eigenvalue weighted by atomic mass is 79.9. The molecule has 1 aliphatic rings. The highest BCUT2D eigenvalue weighted by molar-refractivity contribution is 9.10. The summed E-state index contributed by atoms with van der Waals surface area (Å²) in [6.07, 6.45) is 1.45. The monoisotopic (exact) mass is 590 g/mol. The van der Waals surface area contributed by atoms with E-state index in [1.165, 1.54) is 34.7 Å². The van der Waals surface area contributed by atoms with Crippen LogP contribution in [0.15, 0.2) is 51.2 Å². The summed E-state index contributed by atoms with van der Waals surface area (Å²) in [5.41, 5.74) is 4.23. The number of ether oxygens (including phenoxy) is 5. The van der Waals surface area contributed by atoms with Gasteiger partial charge >= 0.3 is 12.0 Å². The van der Waals surface area contributed by atoms with Crippen molar-refractivity contribution in [3.8, 4) is 23.0 Å². The number of hydrazone groups is 1. The molecular formula is C25H27BrN4O8. The van der Waals surface area contributed by atoms with Gasteiger partial charge in [0.05, 0.1) is 50.7 Å². The number of carbonyl (C=O) groups excluding carboxylic acids is 3. The number of methoxy groups -OCH3 is 4. The van der Waals surface area contributed by atoms with E-state index in [2.05, 4.69) is 37.1 Å². The van der Waals surface area contributed by atoms with Crippen molar-refractivity contribution in [3.63, 3.8) is 0 Å². The van der Waals surface area contributed by atoms with Gasteiger partial charge in [-0.2, -0.15) is 5.10 Å². The highest BCUT2D eigenvalue weighted by Crippen LogP contribution is 2.36. The Kier molecular flexibility index (Phi) is 9.55. The van der Waals surface area contributed by atoms with Gasteiger partial charge in [0.25, 0.3) is 5.91 Å². The van der Waals surface area contributed by atoms with Crippen molar-refractivity contribution in [2.75, 3.05) is 35.0 Å². The third kappa shape index (κ3) is 6.54. The Morgan fingerprint density at radius 3 is 2.45 bits per heavy atom. The minimum atomic E-state index is -0.770. The Hall–Kier alpha value is -4.26. The lowest BCUT2D eigenvalue weighted by Gasteiger charge is -2.28. The molecule has 12 nitrogen and oxygen atoms in total. The quantitative estimate of drug-likeness (QED) is 0.217. The van der Waals surface area contributed by atoms with Crippen molar-refractivity contribution < 1.29 is 38.1 Å². The average Bonchev–Trinajstić information content (AvgIpc) is 2.90. The number of allylic oxidation sites excluding steroid dienone is 1. The first kappa shape index (κ1) is 28.3. The lowest BCUT2D eigenvalue weighted by atomic mass is 9.95. The van der Waals surface area contributed by atoms with Gasteiger partial charge in [-0.1, -0.05) is 6.07 Å². The summed E-state index contributed by atoms with van der Waals surface area (Å²) in [5.74, 6) is 0.517. The molecule has 0 aliphatic carbocycles. The van der Waals surface area contributed by atoms with E-state index in [0.29, 0.717) is 38.5 Å². The van der Waals surface area contributed by atoms with Crippen LogP contribution in [0.1, 0.15) is 24.1 Å². The highest BCUT2D eigenvalue weighted by Gasteiger charge is 2.32. The molecule has 0 saturated heterocycles. The molecule has 202 valence electrons. The predicted octanol–water partition coefficient (Wildman–Crippen LogP) is 2.80. The molecule has 0 bridgehead atoms. The molecule has 3 amide bonds. The number of carbonyl (C=O) groups is 3. The zero-order chi connectivity index (χ0) is 27.8. The first-order valence-corrected chi connectivity index (χ1v) is 11.9. The second-order valence-electron chi connectivity index (χ2n) is 7.79. The van der Waals surface area contributed by atoms with Crippen molar-refractivity contribution in [1.82, 2.24) is 16.1 Å². The van der Waals surface area contributed by atoms with E-state index in [4.69, 9.17) is 23.7 Å². The van der Waals surface area contributed by atoms with Crippen LogP contribution in [0.4, 0.5) is 4.79 Å². The van der Waals surface area contributed by atoms with Gasteiger partial charge < -0.3 is 34.3 Å². The summed E-state index contributed by atoms with van der Waals surface area (Å²) in [6, 6.07) is 7.06. The van der Waals surface area contributed by atoms with Gasteiger partial charge in [0.1, 0.15) is 0 Å². The minimum Gasteiger partial charge on any atom is -0.493 e. The maximum Gasteiger partial charge on any atom is 0.337 e. The van der Waals surface area contributed by atoms with E-state index >= 15 is 0 Å². The first-order chi connectivity index (χ1) is 18.2. The second-order valence-corrected chi connectivity index (χ2v) is 8.65. The number of hydrogen-bond acceptors (Lipinski definition) is 9. The largest absolute Gasteiger partial charge is 0.493 e. The molecule has 2 aromatic rings. The van der Waals surface area contributed by atoms with E-state index in [9.17, 15) is 14.4 Å². The standard InChI is InChI=1S/C25H27BrN4O8/c1-13-21(24(32)37-5)22(29-25(33)28-13)15-6-7-17(18(10-15)34-2)38-12-20(31)30-27-11-14-8-16(26)23(36-4)19(9-14)35-3/h6-11,22H,12H2,1-5H3,(H,30,31)(H2,28,29,33)/b27-11-/t22-/m1/s1. The van der Waals surface area contributed by atoms with Crippen molar-refractivity contribution in [2.24, 2.45) is 5.10 Å². The smallest absolute Gasteiger partial charge is 0.337 e. The molecule has 0 radical (unpaired) electrons. The zero-order valence-corrected chi connectivity index (χ0v) is 22.9. The van der Waals surface area contributed by atoms with E-state index in [1.54, 1.807) is 37.3 Å². The number of amides is 3. The van der Waals surface area contributed by atoms with Crippen LogP contribution in [0.5, 0.6) is 23.0 Å². The number of hydrogen-bond donors (Lipinski definition) is 3. The van der Waals surface area contributed by atoms with Gasteiger partial charge in [-0.25, -0.2) is 15.0 Å². The van der Waals surface area contributed by atoms with Crippen LogP contribution in [0, 0.1) is 0 Å². The van der Waals surface area contributed by atoms with E-state index in [0.717, 1.165) is 0 Å². The van der Waals surface area contributed by atoms with Crippen LogP contribution in [0.2, 0.25) is 0 Å². The van der Waals surface area contributed by atoms with Gasteiger partial charge in [-0.15, -0.1) is 0 Å². The Morgan fingerprint density at radius 1 is 1.05 bits per heavy atom. The normalized spacial score (nSPS) is 14.9. The van der Waals surface area contributed by atoms with Crippen molar-refractivity contribution >= 4 is 40.1 Å². The summed E-state index contributed by atoms with van der Waals surface area (Å²) in [6.45, 7) is 1.26. The third-order valence-corrected chi connectivity index (χ3v) is 6.00. The van der Waals surface area contributed by atoms with Crippen LogP contribution in [0.25, 0.3) is 0 Å². The summed E-state index contributed by atoms with van der Waals surface area (Å²) >= 11 is 3.40. The predicted molar refractivity (Wildman–Crippen MR) is 141 cm³/mol. The fraction of sp³-hybridized carbons (Fsp3) is 0.280. The second kappa shape index (κ2) is 12.8. The van der Waals surface area contributed by atoms with Crippen molar-refractivity contribution in [2.45, 2.75) is 13.0 Å². The summed E-state index contributed by atoms with van der Waals surface area (Å²) in [7, 11) is 5.74. The SMILES string of the molecule is COC(=O)C1=C(C)NC(=O)N[C@@H]1c1ccc(OCC(=O)N/N=C\c2cc(Br)c(OC)c(OC)c2)c(OC)c1. The first-order valence-electron chi connectivity index (χ1n) is 11.1. The lowest BCUT2D eigenvalue weighted by molar-refractivity contribution is -0.136. The summed E-state index contributed by atoms with van der Waals surface area (Å²) in [4.78, 5) is 36.6. The molecule has 0 spiro atoms. The molecule has 0 unspecified atom stereocenters. The van der Waals surface area contributed by atoms with Crippen LogP contribution >= 0.6 is 15.9 Å². The van der Waals surface area contributed by atoms with Gasteiger partial charge in [0, 0.05) is 5.70 Å².